The van der Waals surface area contributed by atoms with Crippen molar-refractivity contribution in [1.29, 1.82) is 0 Å². The molecule has 0 aliphatic carbocycles. The van der Waals surface area contributed by atoms with E-state index in [2.05, 4.69) is 41.7 Å². The predicted molar refractivity (Wildman–Crippen MR) is 88.8 cm³/mol. The van der Waals surface area contributed by atoms with Crippen LogP contribution >= 0.6 is 11.8 Å². The maximum atomic E-state index is 11.7. The fraction of sp³-hybridized carbons (Fsp3) is 0.353. The fourth-order valence-electron chi connectivity index (χ4n) is 2.17. The Hall–Kier alpha value is -1.52. The number of carbonyl (C=O) groups excluding carboxylic acids is 1. The molecule has 0 radical (unpaired) electrons. The summed E-state index contributed by atoms with van der Waals surface area (Å²) in [6.45, 7) is 2.25. The molecule has 0 aliphatic rings. The SMILES string of the molecule is CCOC(=O)C(CCSc1ccc2ccccc2c1)NC. The molecule has 0 fully saturated rings. The Labute approximate surface area is 130 Å². The van der Waals surface area contributed by atoms with E-state index >= 15 is 0 Å². The minimum Gasteiger partial charge on any atom is -0.465 e. The van der Waals surface area contributed by atoms with Gasteiger partial charge in [-0.05, 0) is 43.3 Å². The standard InChI is InChI=1S/C17H21NO2S/c1-3-20-17(19)16(18-2)10-11-21-15-9-8-13-6-4-5-7-14(13)12-15/h4-9,12,16,18H,3,10-11H2,1-2H3. The molecule has 0 aromatic heterocycles. The molecule has 0 bridgehead atoms. The first-order valence-electron chi connectivity index (χ1n) is 7.20. The van der Waals surface area contributed by atoms with Crippen molar-refractivity contribution in [1.82, 2.24) is 5.32 Å². The second-order valence-electron chi connectivity index (χ2n) is 4.74. The van der Waals surface area contributed by atoms with Gasteiger partial charge in [-0.1, -0.05) is 30.3 Å². The van der Waals surface area contributed by atoms with Crippen molar-refractivity contribution >= 4 is 28.5 Å². The van der Waals surface area contributed by atoms with Gasteiger partial charge < -0.3 is 10.1 Å². The van der Waals surface area contributed by atoms with Crippen molar-refractivity contribution in [3.8, 4) is 0 Å². The van der Waals surface area contributed by atoms with Gasteiger partial charge in [-0.25, -0.2) is 0 Å². The molecule has 0 saturated heterocycles. The van der Waals surface area contributed by atoms with Crippen LogP contribution in [0.3, 0.4) is 0 Å². The van der Waals surface area contributed by atoms with Crippen LogP contribution < -0.4 is 5.32 Å². The molecule has 0 saturated carbocycles. The number of ether oxygens (including phenoxy) is 1. The third-order valence-electron chi connectivity index (χ3n) is 3.32. The average Bonchev–Trinajstić information content (AvgIpc) is 2.51. The molecule has 21 heavy (non-hydrogen) atoms. The van der Waals surface area contributed by atoms with Gasteiger partial charge in [0.1, 0.15) is 6.04 Å². The van der Waals surface area contributed by atoms with Crippen molar-refractivity contribution in [2.24, 2.45) is 0 Å². The lowest BCUT2D eigenvalue weighted by atomic mass is 10.1. The first-order chi connectivity index (χ1) is 10.2. The molecular weight excluding hydrogens is 282 g/mol. The highest BCUT2D eigenvalue weighted by molar-refractivity contribution is 7.99. The van der Waals surface area contributed by atoms with Crippen LogP contribution in [0.4, 0.5) is 0 Å². The highest BCUT2D eigenvalue weighted by Gasteiger charge is 2.16. The Kier molecular flexibility index (Phi) is 6.08. The van der Waals surface area contributed by atoms with Gasteiger partial charge in [-0.15, -0.1) is 11.8 Å². The number of carbonyl (C=O) groups is 1. The molecule has 4 heteroatoms. The molecule has 1 unspecified atom stereocenters. The largest absolute Gasteiger partial charge is 0.465 e. The number of hydrogen-bond acceptors (Lipinski definition) is 4. The molecule has 2 aromatic rings. The van der Waals surface area contributed by atoms with E-state index in [-0.39, 0.29) is 12.0 Å². The highest BCUT2D eigenvalue weighted by Crippen LogP contribution is 2.24. The average molecular weight is 303 g/mol. The zero-order valence-corrected chi connectivity index (χ0v) is 13.3. The Bertz CT molecular complexity index is 600. The van der Waals surface area contributed by atoms with Crippen LogP contribution in [0.5, 0.6) is 0 Å². The summed E-state index contributed by atoms with van der Waals surface area (Å²) >= 11 is 1.77. The van der Waals surface area contributed by atoms with Gasteiger partial charge in [0.15, 0.2) is 0 Å². The van der Waals surface area contributed by atoms with Crippen LogP contribution in [0, 0.1) is 0 Å². The van der Waals surface area contributed by atoms with Gasteiger partial charge in [0.05, 0.1) is 6.61 Å². The van der Waals surface area contributed by atoms with E-state index in [0.29, 0.717) is 6.61 Å². The smallest absolute Gasteiger partial charge is 0.323 e. The molecule has 1 atom stereocenters. The molecule has 112 valence electrons. The van der Waals surface area contributed by atoms with Gasteiger partial charge in [0, 0.05) is 10.6 Å². The van der Waals surface area contributed by atoms with E-state index in [1.54, 1.807) is 18.8 Å². The Balaban J connectivity index is 1.90. The molecule has 0 aliphatic heterocycles. The van der Waals surface area contributed by atoms with Crippen molar-refractivity contribution < 1.29 is 9.53 Å². The normalized spacial score (nSPS) is 12.3. The van der Waals surface area contributed by atoms with E-state index in [9.17, 15) is 4.79 Å². The summed E-state index contributed by atoms with van der Waals surface area (Å²) in [6, 6.07) is 14.6. The quantitative estimate of drug-likeness (QED) is 0.628. The van der Waals surface area contributed by atoms with Crippen LogP contribution in [-0.4, -0.2) is 31.4 Å². The number of benzene rings is 2. The van der Waals surface area contributed by atoms with Crippen molar-refractivity contribution in [3.05, 3.63) is 42.5 Å². The number of hydrogen-bond donors (Lipinski definition) is 1. The number of rotatable bonds is 7. The maximum absolute atomic E-state index is 11.7. The summed E-state index contributed by atoms with van der Waals surface area (Å²) < 4.78 is 5.04. The van der Waals surface area contributed by atoms with Crippen LogP contribution in [0.2, 0.25) is 0 Å². The number of fused-ring (bicyclic) bond motifs is 1. The molecule has 0 heterocycles. The van der Waals surface area contributed by atoms with E-state index in [1.807, 2.05) is 13.0 Å². The Morgan fingerprint density at radius 2 is 2.00 bits per heavy atom. The molecule has 0 spiro atoms. The zero-order valence-electron chi connectivity index (χ0n) is 12.5. The van der Waals surface area contributed by atoms with Crippen molar-refractivity contribution in [2.75, 3.05) is 19.4 Å². The number of nitrogens with one attached hydrogen (secondary N) is 1. The second-order valence-corrected chi connectivity index (χ2v) is 5.91. The van der Waals surface area contributed by atoms with Crippen LogP contribution in [-0.2, 0) is 9.53 Å². The van der Waals surface area contributed by atoms with Gasteiger partial charge >= 0.3 is 5.97 Å². The molecular formula is C17H21NO2S. The van der Waals surface area contributed by atoms with Crippen LogP contribution in [0.25, 0.3) is 10.8 Å². The zero-order chi connectivity index (χ0) is 15.1. The van der Waals surface area contributed by atoms with Gasteiger partial charge in [0.25, 0.3) is 0 Å². The number of thioether (sulfide) groups is 1. The second kappa shape index (κ2) is 8.05. The molecule has 2 aromatic carbocycles. The Morgan fingerprint density at radius 1 is 1.24 bits per heavy atom. The van der Waals surface area contributed by atoms with Crippen molar-refractivity contribution in [3.63, 3.8) is 0 Å². The number of esters is 1. The van der Waals surface area contributed by atoms with Crippen LogP contribution in [0.15, 0.2) is 47.4 Å². The van der Waals surface area contributed by atoms with E-state index in [4.69, 9.17) is 4.74 Å². The topological polar surface area (TPSA) is 38.3 Å². The Morgan fingerprint density at radius 3 is 2.71 bits per heavy atom. The lowest BCUT2D eigenvalue weighted by Gasteiger charge is -2.14. The van der Waals surface area contributed by atoms with Gasteiger partial charge in [-0.2, -0.15) is 0 Å². The monoisotopic (exact) mass is 303 g/mol. The summed E-state index contributed by atoms with van der Waals surface area (Å²) in [6.07, 6.45) is 0.757. The third-order valence-corrected chi connectivity index (χ3v) is 4.34. The van der Waals surface area contributed by atoms with Crippen LogP contribution in [0.1, 0.15) is 13.3 Å². The molecule has 1 N–H and O–H groups in total. The lowest BCUT2D eigenvalue weighted by molar-refractivity contribution is -0.145. The number of likely N-dealkylation sites (N-methyl/N-ethyl adjacent to an activating group) is 1. The predicted octanol–water partition coefficient (Wildman–Crippen LogP) is 3.47. The highest BCUT2D eigenvalue weighted by atomic mass is 32.2. The summed E-state index contributed by atoms with van der Waals surface area (Å²) in [5.74, 6) is 0.710. The minimum atomic E-state index is -0.224. The summed E-state index contributed by atoms with van der Waals surface area (Å²) in [7, 11) is 1.79. The summed E-state index contributed by atoms with van der Waals surface area (Å²) in [5.41, 5.74) is 0. The fourth-order valence-corrected chi connectivity index (χ4v) is 3.14. The van der Waals surface area contributed by atoms with Crippen molar-refractivity contribution in [2.45, 2.75) is 24.3 Å². The first kappa shape index (κ1) is 15.9. The van der Waals surface area contributed by atoms with Gasteiger partial charge in [0.2, 0.25) is 0 Å². The van der Waals surface area contributed by atoms with E-state index < -0.39 is 0 Å². The third kappa shape index (κ3) is 4.48. The summed E-state index contributed by atoms with van der Waals surface area (Å²) in [5, 5.41) is 5.51. The molecule has 0 amide bonds. The molecule has 2 rings (SSSR count). The lowest BCUT2D eigenvalue weighted by Crippen LogP contribution is -2.36. The maximum Gasteiger partial charge on any atom is 0.323 e. The van der Waals surface area contributed by atoms with Gasteiger partial charge in [-0.3, -0.25) is 4.79 Å². The first-order valence-corrected chi connectivity index (χ1v) is 8.18. The van der Waals surface area contributed by atoms with E-state index in [1.165, 1.54) is 15.7 Å². The summed E-state index contributed by atoms with van der Waals surface area (Å²) in [4.78, 5) is 12.9. The minimum absolute atomic E-state index is 0.167. The molecule has 3 nitrogen and oxygen atoms in total. The van der Waals surface area contributed by atoms with E-state index in [0.717, 1.165) is 12.2 Å².